The van der Waals surface area contributed by atoms with Gasteiger partial charge in [-0.05, 0) is 55.5 Å². The highest BCUT2D eigenvalue weighted by Crippen LogP contribution is 2.29. The molecule has 1 aromatic carbocycles. The molecule has 5 heteroatoms. The lowest BCUT2D eigenvalue weighted by Gasteiger charge is -2.24. The van der Waals surface area contributed by atoms with Gasteiger partial charge in [-0.1, -0.05) is 13.8 Å². The Bertz CT molecular complexity index is 511. The molecule has 0 aromatic heterocycles. The van der Waals surface area contributed by atoms with Gasteiger partial charge in [-0.3, -0.25) is 4.79 Å². The molecule has 21 heavy (non-hydrogen) atoms. The van der Waals surface area contributed by atoms with E-state index in [4.69, 9.17) is 0 Å². The summed E-state index contributed by atoms with van der Waals surface area (Å²) in [5.41, 5.74) is 0.522. The molecule has 2 rings (SSSR count). The predicted molar refractivity (Wildman–Crippen MR) is 78.4 cm³/mol. The van der Waals surface area contributed by atoms with Crippen molar-refractivity contribution in [3.63, 3.8) is 0 Å². The molecular weight excluding hydrogens is 274 g/mol. The average molecular weight is 296 g/mol. The van der Waals surface area contributed by atoms with Crippen LogP contribution in [0.15, 0.2) is 12.1 Å². The highest BCUT2D eigenvalue weighted by molar-refractivity contribution is 5.94. The molecule has 0 bridgehead atoms. The Labute approximate surface area is 124 Å². The average Bonchev–Trinajstić information content (AvgIpc) is 2.48. The molecule has 1 aliphatic rings. The van der Waals surface area contributed by atoms with Crippen LogP contribution in [-0.2, 0) is 0 Å². The molecule has 3 nitrogen and oxygen atoms in total. The van der Waals surface area contributed by atoms with E-state index in [1.165, 1.54) is 6.07 Å². The van der Waals surface area contributed by atoms with E-state index in [2.05, 4.69) is 10.6 Å². The topological polar surface area (TPSA) is 41.1 Å². The maximum Gasteiger partial charge on any atom is 0.251 e. The number of piperidine rings is 1. The van der Waals surface area contributed by atoms with Gasteiger partial charge < -0.3 is 10.6 Å². The lowest BCUT2D eigenvalue weighted by molar-refractivity contribution is 0.0948. The van der Waals surface area contributed by atoms with Gasteiger partial charge >= 0.3 is 0 Å². The third kappa shape index (κ3) is 4.00. The molecule has 0 spiro atoms. The van der Waals surface area contributed by atoms with Gasteiger partial charge in [0, 0.05) is 12.1 Å². The molecule has 2 N–H and O–H groups in total. The molecule has 0 atom stereocenters. The maximum atomic E-state index is 14.0. The summed E-state index contributed by atoms with van der Waals surface area (Å²) in [5.74, 6) is -1.83. The summed E-state index contributed by atoms with van der Waals surface area (Å²) in [6.07, 6.45) is 1.51. The Balaban J connectivity index is 2.23. The van der Waals surface area contributed by atoms with Crippen LogP contribution in [-0.4, -0.2) is 25.5 Å². The standard InChI is InChI=1S/C16H22F2N2O/c1-10(2)9-20-16(21)12-7-13(15(18)14(17)8-12)11-3-5-19-6-4-11/h7-8,10-11,19H,3-6,9H2,1-2H3,(H,20,21). The van der Waals surface area contributed by atoms with Crippen molar-refractivity contribution in [2.45, 2.75) is 32.6 Å². The molecular formula is C16H22F2N2O. The molecule has 1 aliphatic heterocycles. The van der Waals surface area contributed by atoms with Crippen LogP contribution in [0.5, 0.6) is 0 Å². The zero-order valence-electron chi connectivity index (χ0n) is 12.5. The second kappa shape index (κ2) is 6.98. The highest BCUT2D eigenvalue weighted by atomic mass is 19.2. The zero-order valence-corrected chi connectivity index (χ0v) is 12.5. The normalized spacial score (nSPS) is 16.2. The van der Waals surface area contributed by atoms with E-state index >= 15 is 0 Å². The molecule has 1 amide bonds. The highest BCUT2D eigenvalue weighted by Gasteiger charge is 2.23. The molecule has 0 saturated carbocycles. The van der Waals surface area contributed by atoms with Crippen LogP contribution in [0.4, 0.5) is 8.78 Å². The van der Waals surface area contributed by atoms with Crippen molar-refractivity contribution in [2.24, 2.45) is 5.92 Å². The molecule has 1 fully saturated rings. The van der Waals surface area contributed by atoms with E-state index in [9.17, 15) is 13.6 Å². The Hall–Kier alpha value is -1.49. The van der Waals surface area contributed by atoms with Gasteiger partial charge in [-0.25, -0.2) is 8.78 Å². The fourth-order valence-corrected chi connectivity index (χ4v) is 2.57. The summed E-state index contributed by atoms with van der Waals surface area (Å²) in [4.78, 5) is 12.0. The molecule has 116 valence electrons. The van der Waals surface area contributed by atoms with Crippen LogP contribution >= 0.6 is 0 Å². The van der Waals surface area contributed by atoms with Crippen molar-refractivity contribution in [3.8, 4) is 0 Å². The second-order valence-electron chi connectivity index (χ2n) is 5.99. The molecule has 0 radical (unpaired) electrons. The number of carbonyl (C=O) groups excluding carboxylic acids is 1. The SMILES string of the molecule is CC(C)CNC(=O)c1cc(F)c(F)c(C2CCNCC2)c1. The van der Waals surface area contributed by atoms with Gasteiger partial charge in [0.2, 0.25) is 0 Å². The first-order valence-corrected chi connectivity index (χ1v) is 7.47. The van der Waals surface area contributed by atoms with Crippen molar-refractivity contribution in [2.75, 3.05) is 19.6 Å². The van der Waals surface area contributed by atoms with Gasteiger partial charge in [0.15, 0.2) is 11.6 Å². The molecule has 1 saturated heterocycles. The number of amides is 1. The minimum atomic E-state index is -0.944. The first kappa shape index (κ1) is 15.9. The number of benzene rings is 1. The van der Waals surface area contributed by atoms with Crippen molar-refractivity contribution < 1.29 is 13.6 Å². The van der Waals surface area contributed by atoms with Crippen LogP contribution in [0.2, 0.25) is 0 Å². The van der Waals surface area contributed by atoms with Gasteiger partial charge in [-0.2, -0.15) is 0 Å². The van der Waals surface area contributed by atoms with Crippen molar-refractivity contribution in [3.05, 3.63) is 34.9 Å². The number of nitrogens with one attached hydrogen (secondary N) is 2. The number of carbonyl (C=O) groups is 1. The zero-order chi connectivity index (χ0) is 15.4. The lowest BCUT2D eigenvalue weighted by atomic mass is 9.88. The number of hydrogen-bond donors (Lipinski definition) is 2. The summed E-state index contributed by atoms with van der Waals surface area (Å²) in [6.45, 7) is 6.05. The first-order valence-electron chi connectivity index (χ1n) is 7.47. The Morgan fingerprint density at radius 2 is 2.00 bits per heavy atom. The van der Waals surface area contributed by atoms with Crippen LogP contribution in [0.1, 0.15) is 48.5 Å². The van der Waals surface area contributed by atoms with Gasteiger partial charge in [0.1, 0.15) is 0 Å². The monoisotopic (exact) mass is 296 g/mol. The minimum Gasteiger partial charge on any atom is -0.352 e. The summed E-state index contributed by atoms with van der Waals surface area (Å²) in [5, 5.41) is 5.93. The van der Waals surface area contributed by atoms with Gasteiger partial charge in [0.25, 0.3) is 5.91 Å². The van der Waals surface area contributed by atoms with Crippen molar-refractivity contribution in [1.82, 2.24) is 10.6 Å². The van der Waals surface area contributed by atoms with Gasteiger partial charge in [0.05, 0.1) is 0 Å². The van der Waals surface area contributed by atoms with E-state index in [-0.39, 0.29) is 17.4 Å². The number of halogens is 2. The number of rotatable bonds is 4. The van der Waals surface area contributed by atoms with E-state index in [1.807, 2.05) is 13.8 Å². The molecule has 0 unspecified atom stereocenters. The summed E-state index contributed by atoms with van der Waals surface area (Å²) in [6, 6.07) is 2.49. The Kier molecular flexibility index (Phi) is 5.28. The smallest absolute Gasteiger partial charge is 0.251 e. The molecule has 1 aromatic rings. The van der Waals surface area contributed by atoms with Crippen molar-refractivity contribution >= 4 is 5.91 Å². The number of hydrogen-bond acceptors (Lipinski definition) is 2. The minimum absolute atomic E-state index is 0.0291. The first-order chi connectivity index (χ1) is 9.99. The maximum absolute atomic E-state index is 14.0. The second-order valence-corrected chi connectivity index (χ2v) is 5.99. The molecule has 1 heterocycles. The Morgan fingerprint density at radius 1 is 1.33 bits per heavy atom. The largest absolute Gasteiger partial charge is 0.352 e. The van der Waals surface area contributed by atoms with Crippen LogP contribution in [0, 0.1) is 17.6 Å². The van der Waals surface area contributed by atoms with Crippen LogP contribution in [0.3, 0.4) is 0 Å². The van der Waals surface area contributed by atoms with Crippen molar-refractivity contribution in [1.29, 1.82) is 0 Å². The van der Waals surface area contributed by atoms with Crippen LogP contribution < -0.4 is 10.6 Å². The Morgan fingerprint density at radius 3 is 2.62 bits per heavy atom. The van der Waals surface area contributed by atoms with E-state index in [1.54, 1.807) is 0 Å². The van der Waals surface area contributed by atoms with Gasteiger partial charge in [-0.15, -0.1) is 0 Å². The fourth-order valence-electron chi connectivity index (χ4n) is 2.57. The lowest BCUT2D eigenvalue weighted by Crippen LogP contribution is -2.29. The fraction of sp³-hybridized carbons (Fsp3) is 0.562. The third-order valence-corrected chi connectivity index (χ3v) is 3.77. The summed E-state index contributed by atoms with van der Waals surface area (Å²) < 4.78 is 27.8. The quantitative estimate of drug-likeness (QED) is 0.897. The van der Waals surface area contributed by atoms with E-state index in [0.717, 1.165) is 32.0 Å². The predicted octanol–water partition coefficient (Wildman–Crippen LogP) is 2.82. The third-order valence-electron chi connectivity index (χ3n) is 3.77. The van der Waals surface area contributed by atoms with E-state index < -0.39 is 11.6 Å². The molecule has 0 aliphatic carbocycles. The summed E-state index contributed by atoms with van der Waals surface area (Å²) >= 11 is 0. The summed E-state index contributed by atoms with van der Waals surface area (Å²) in [7, 11) is 0. The van der Waals surface area contributed by atoms with Crippen LogP contribution in [0.25, 0.3) is 0 Å². The van der Waals surface area contributed by atoms with E-state index in [0.29, 0.717) is 18.0 Å².